The summed E-state index contributed by atoms with van der Waals surface area (Å²) in [6.45, 7) is 3.53. The number of carbonyl (C=O) groups is 3. The second kappa shape index (κ2) is 11.0. The first-order valence-electron chi connectivity index (χ1n) is 9.09. The first-order valence-corrected chi connectivity index (χ1v) is 9.50. The third-order valence-electron chi connectivity index (χ3n) is 3.82. The number of ether oxygens (including phenoxy) is 2. The Kier molecular flexibility index (Phi) is 8.35. The summed E-state index contributed by atoms with van der Waals surface area (Å²) < 4.78 is 10.4. The topological polar surface area (TPSA) is 106 Å². The summed E-state index contributed by atoms with van der Waals surface area (Å²) in [6, 6.07) is 13.4. The fraction of sp³-hybridized carbons (Fsp3) is 0.300. The van der Waals surface area contributed by atoms with Crippen molar-refractivity contribution in [1.29, 1.82) is 0 Å². The van der Waals surface area contributed by atoms with Crippen LogP contribution in [-0.2, 0) is 19.1 Å². The molecular formula is C20H23N3O5S. The van der Waals surface area contributed by atoms with E-state index in [0.29, 0.717) is 5.75 Å². The Bertz CT molecular complexity index is 903. The van der Waals surface area contributed by atoms with E-state index in [1.54, 1.807) is 19.9 Å². The molecule has 3 N–H and O–H groups in total. The highest BCUT2D eigenvalue weighted by Gasteiger charge is 2.16. The van der Waals surface area contributed by atoms with E-state index in [9.17, 15) is 14.4 Å². The predicted octanol–water partition coefficient (Wildman–Crippen LogP) is 1.97. The normalized spacial score (nSPS) is 11.2. The molecule has 0 fully saturated rings. The van der Waals surface area contributed by atoms with E-state index in [1.165, 1.54) is 0 Å². The zero-order valence-corrected chi connectivity index (χ0v) is 17.0. The fourth-order valence-corrected chi connectivity index (χ4v) is 2.55. The smallest absolute Gasteiger partial charge is 0.306 e. The molecule has 154 valence electrons. The van der Waals surface area contributed by atoms with Crippen LogP contribution in [0, 0.1) is 0 Å². The van der Waals surface area contributed by atoms with Crippen molar-refractivity contribution in [3.05, 3.63) is 42.5 Å². The van der Waals surface area contributed by atoms with Gasteiger partial charge in [-0.2, -0.15) is 0 Å². The molecule has 2 amide bonds. The first-order chi connectivity index (χ1) is 13.9. The molecule has 0 aromatic heterocycles. The summed E-state index contributed by atoms with van der Waals surface area (Å²) in [5, 5.41) is 4.34. The third-order valence-corrected chi connectivity index (χ3v) is 4.02. The van der Waals surface area contributed by atoms with Crippen LogP contribution >= 0.6 is 12.2 Å². The number of amides is 2. The van der Waals surface area contributed by atoms with Gasteiger partial charge in [-0.05, 0) is 49.0 Å². The molecule has 2 rings (SSSR count). The average molecular weight is 417 g/mol. The van der Waals surface area contributed by atoms with Crippen molar-refractivity contribution in [2.75, 3.05) is 6.61 Å². The SMILES string of the molecule is CCOC(=O)CCC(=O)NC(=S)NNC(=O)[C@H](C)Oc1ccc2ccccc2c1. The van der Waals surface area contributed by atoms with Gasteiger partial charge in [0.2, 0.25) is 5.91 Å². The molecule has 8 nitrogen and oxygen atoms in total. The molecule has 2 aromatic carbocycles. The van der Waals surface area contributed by atoms with E-state index in [4.69, 9.17) is 21.7 Å². The Labute approximate surface area is 173 Å². The van der Waals surface area contributed by atoms with Crippen molar-refractivity contribution in [3.8, 4) is 5.75 Å². The number of nitrogens with one attached hydrogen (secondary N) is 3. The molecule has 1 atom stereocenters. The van der Waals surface area contributed by atoms with Gasteiger partial charge in [0.05, 0.1) is 13.0 Å². The lowest BCUT2D eigenvalue weighted by atomic mass is 10.1. The third kappa shape index (κ3) is 7.38. The average Bonchev–Trinajstić information content (AvgIpc) is 2.70. The number of rotatable bonds is 7. The van der Waals surface area contributed by atoms with Crippen molar-refractivity contribution in [3.63, 3.8) is 0 Å². The number of hydrogen-bond donors (Lipinski definition) is 3. The Balaban J connectivity index is 1.75. The van der Waals surface area contributed by atoms with Gasteiger partial charge in [-0.3, -0.25) is 25.2 Å². The van der Waals surface area contributed by atoms with E-state index < -0.39 is 23.9 Å². The van der Waals surface area contributed by atoms with Crippen LogP contribution in [0.5, 0.6) is 5.75 Å². The van der Waals surface area contributed by atoms with Gasteiger partial charge in [0.1, 0.15) is 5.75 Å². The number of fused-ring (bicyclic) bond motifs is 1. The lowest BCUT2D eigenvalue weighted by Gasteiger charge is -2.16. The number of hydrogen-bond acceptors (Lipinski definition) is 6. The standard InChI is InChI=1S/C20H23N3O5S/c1-3-27-18(25)11-10-17(24)21-20(29)23-22-19(26)13(2)28-16-9-8-14-6-4-5-7-15(14)12-16/h4-9,12-13H,3,10-11H2,1-2H3,(H,22,26)(H2,21,23,24,29)/t13-/m0/s1. The summed E-state index contributed by atoms with van der Waals surface area (Å²) >= 11 is 4.93. The minimum absolute atomic E-state index is 0.0503. The summed E-state index contributed by atoms with van der Waals surface area (Å²) in [6.07, 6.45) is -0.924. The Hall–Kier alpha value is -3.20. The van der Waals surface area contributed by atoms with Crippen molar-refractivity contribution in [2.24, 2.45) is 0 Å². The van der Waals surface area contributed by atoms with Crippen LogP contribution in [0.3, 0.4) is 0 Å². The highest BCUT2D eigenvalue weighted by Crippen LogP contribution is 2.21. The minimum atomic E-state index is -0.800. The Morgan fingerprint density at radius 3 is 2.48 bits per heavy atom. The van der Waals surface area contributed by atoms with Gasteiger partial charge in [-0.1, -0.05) is 30.3 Å². The molecule has 0 bridgehead atoms. The lowest BCUT2D eigenvalue weighted by Crippen LogP contribution is -2.51. The van der Waals surface area contributed by atoms with Gasteiger partial charge >= 0.3 is 5.97 Å². The van der Waals surface area contributed by atoms with Crippen molar-refractivity contribution >= 4 is 45.9 Å². The van der Waals surface area contributed by atoms with Crippen molar-refractivity contribution < 1.29 is 23.9 Å². The maximum absolute atomic E-state index is 12.2. The van der Waals surface area contributed by atoms with Crippen LogP contribution in [0.25, 0.3) is 10.8 Å². The van der Waals surface area contributed by atoms with E-state index in [0.717, 1.165) is 10.8 Å². The molecule has 0 saturated heterocycles. The van der Waals surface area contributed by atoms with Gasteiger partial charge < -0.3 is 14.8 Å². The number of thiocarbonyl (C=S) groups is 1. The number of esters is 1. The molecule has 0 aliphatic rings. The molecule has 0 saturated carbocycles. The quantitative estimate of drug-likeness (QED) is 0.359. The monoisotopic (exact) mass is 417 g/mol. The summed E-state index contributed by atoms with van der Waals surface area (Å²) in [5.41, 5.74) is 4.79. The number of carbonyl (C=O) groups excluding carboxylic acids is 3. The van der Waals surface area contributed by atoms with E-state index in [1.807, 2.05) is 36.4 Å². The highest BCUT2D eigenvalue weighted by molar-refractivity contribution is 7.80. The second-order valence-electron chi connectivity index (χ2n) is 6.07. The van der Waals surface area contributed by atoms with Crippen LogP contribution in [0.15, 0.2) is 42.5 Å². The maximum atomic E-state index is 12.2. The van der Waals surface area contributed by atoms with Gasteiger partial charge in [-0.25, -0.2) is 0 Å². The summed E-state index contributed by atoms with van der Waals surface area (Å²) in [5.74, 6) is -0.845. The molecule has 0 spiro atoms. The maximum Gasteiger partial charge on any atom is 0.306 e. The molecular weight excluding hydrogens is 394 g/mol. The zero-order chi connectivity index (χ0) is 21.2. The summed E-state index contributed by atoms with van der Waals surface area (Å²) in [7, 11) is 0. The molecule has 0 aliphatic heterocycles. The molecule has 0 aliphatic carbocycles. The van der Waals surface area contributed by atoms with Crippen LogP contribution < -0.4 is 20.9 Å². The van der Waals surface area contributed by atoms with Gasteiger partial charge in [0.15, 0.2) is 11.2 Å². The van der Waals surface area contributed by atoms with Crippen molar-refractivity contribution in [2.45, 2.75) is 32.8 Å². The van der Waals surface area contributed by atoms with Gasteiger partial charge in [0.25, 0.3) is 5.91 Å². The highest BCUT2D eigenvalue weighted by atomic mass is 32.1. The van der Waals surface area contributed by atoms with E-state index in [2.05, 4.69) is 16.2 Å². The summed E-state index contributed by atoms with van der Waals surface area (Å²) in [4.78, 5) is 35.1. The van der Waals surface area contributed by atoms with E-state index >= 15 is 0 Å². The van der Waals surface area contributed by atoms with Gasteiger partial charge in [0, 0.05) is 6.42 Å². The van der Waals surface area contributed by atoms with E-state index in [-0.39, 0.29) is 24.6 Å². The minimum Gasteiger partial charge on any atom is -0.481 e. The fourth-order valence-electron chi connectivity index (χ4n) is 2.39. The van der Waals surface area contributed by atoms with Crippen LogP contribution in [0.1, 0.15) is 26.7 Å². The van der Waals surface area contributed by atoms with Crippen LogP contribution in [0.4, 0.5) is 0 Å². The molecule has 9 heteroatoms. The molecule has 0 heterocycles. The molecule has 29 heavy (non-hydrogen) atoms. The molecule has 2 aromatic rings. The second-order valence-corrected chi connectivity index (χ2v) is 6.47. The van der Waals surface area contributed by atoms with Crippen molar-refractivity contribution in [1.82, 2.24) is 16.2 Å². The zero-order valence-electron chi connectivity index (χ0n) is 16.2. The van der Waals surface area contributed by atoms with Crippen LogP contribution in [-0.4, -0.2) is 35.6 Å². The Morgan fingerprint density at radius 2 is 1.76 bits per heavy atom. The molecule has 0 radical (unpaired) electrons. The molecule has 0 unspecified atom stereocenters. The predicted molar refractivity (Wildman–Crippen MR) is 112 cm³/mol. The van der Waals surface area contributed by atoms with Gasteiger partial charge in [-0.15, -0.1) is 0 Å². The number of hydrazine groups is 1. The lowest BCUT2D eigenvalue weighted by molar-refractivity contribution is -0.144. The Morgan fingerprint density at radius 1 is 1.03 bits per heavy atom. The van der Waals surface area contributed by atoms with Crippen LogP contribution in [0.2, 0.25) is 0 Å². The first kappa shape index (κ1) is 22.1. The largest absolute Gasteiger partial charge is 0.481 e. The number of benzene rings is 2.